The van der Waals surface area contributed by atoms with E-state index in [2.05, 4.69) is 29.2 Å². The lowest BCUT2D eigenvalue weighted by molar-refractivity contribution is 0.0844. The van der Waals surface area contributed by atoms with Crippen molar-refractivity contribution in [1.82, 2.24) is 4.90 Å². The molecule has 4 heteroatoms. The largest absolute Gasteiger partial charge is 0.497 e. The van der Waals surface area contributed by atoms with Crippen molar-refractivity contribution in [3.8, 4) is 11.5 Å². The standard InChI is InChI=1S/C20H25NO3/c1-23-18-7-3-16(4-8-18)13-21(15-20(22)11-12-20)14-17-5-9-19(24-2)10-6-17/h3-10,22H,11-15H2,1-2H3. The van der Waals surface area contributed by atoms with Crippen molar-refractivity contribution in [3.63, 3.8) is 0 Å². The second-order valence-electron chi connectivity index (χ2n) is 6.57. The summed E-state index contributed by atoms with van der Waals surface area (Å²) >= 11 is 0. The van der Waals surface area contributed by atoms with Gasteiger partial charge in [-0.3, -0.25) is 4.90 Å². The van der Waals surface area contributed by atoms with Crippen molar-refractivity contribution in [2.75, 3.05) is 20.8 Å². The molecule has 0 aliphatic heterocycles. The van der Waals surface area contributed by atoms with E-state index < -0.39 is 5.60 Å². The van der Waals surface area contributed by atoms with Gasteiger partial charge in [0.05, 0.1) is 19.8 Å². The molecule has 1 aliphatic carbocycles. The van der Waals surface area contributed by atoms with E-state index in [0.29, 0.717) is 6.54 Å². The van der Waals surface area contributed by atoms with Crippen LogP contribution in [0.3, 0.4) is 0 Å². The fourth-order valence-corrected chi connectivity index (χ4v) is 2.86. The average molecular weight is 327 g/mol. The first kappa shape index (κ1) is 16.8. The predicted octanol–water partition coefficient (Wildman–Crippen LogP) is 3.23. The smallest absolute Gasteiger partial charge is 0.118 e. The number of rotatable bonds is 8. The number of benzene rings is 2. The summed E-state index contributed by atoms with van der Waals surface area (Å²) in [6, 6.07) is 16.2. The Kier molecular flexibility index (Phi) is 5.07. The first-order valence-electron chi connectivity index (χ1n) is 8.31. The minimum absolute atomic E-state index is 0.501. The molecular weight excluding hydrogens is 302 g/mol. The van der Waals surface area contributed by atoms with Gasteiger partial charge in [-0.25, -0.2) is 0 Å². The van der Waals surface area contributed by atoms with Crippen molar-refractivity contribution in [2.45, 2.75) is 31.5 Å². The van der Waals surface area contributed by atoms with Gasteiger partial charge in [-0.15, -0.1) is 0 Å². The lowest BCUT2D eigenvalue weighted by Crippen LogP contribution is -2.33. The van der Waals surface area contributed by atoms with Gasteiger partial charge in [0.1, 0.15) is 11.5 Å². The molecule has 1 fully saturated rings. The van der Waals surface area contributed by atoms with Gasteiger partial charge >= 0.3 is 0 Å². The molecule has 0 radical (unpaired) electrons. The summed E-state index contributed by atoms with van der Waals surface area (Å²) in [6.07, 6.45) is 1.80. The molecule has 2 aromatic carbocycles. The Hall–Kier alpha value is -2.04. The summed E-state index contributed by atoms with van der Waals surface area (Å²) in [4.78, 5) is 2.30. The van der Waals surface area contributed by atoms with Crippen LogP contribution in [0.4, 0.5) is 0 Å². The van der Waals surface area contributed by atoms with E-state index in [4.69, 9.17) is 9.47 Å². The normalized spacial score (nSPS) is 15.3. The van der Waals surface area contributed by atoms with Crippen molar-refractivity contribution in [2.24, 2.45) is 0 Å². The fraction of sp³-hybridized carbons (Fsp3) is 0.400. The Morgan fingerprint density at radius 1 is 0.833 bits per heavy atom. The lowest BCUT2D eigenvalue weighted by Gasteiger charge is -2.25. The Morgan fingerprint density at radius 2 is 1.25 bits per heavy atom. The maximum atomic E-state index is 10.3. The number of ether oxygens (including phenoxy) is 2. The van der Waals surface area contributed by atoms with Crippen LogP contribution in [-0.4, -0.2) is 36.4 Å². The van der Waals surface area contributed by atoms with Gasteiger partial charge in [0.2, 0.25) is 0 Å². The highest BCUT2D eigenvalue weighted by Crippen LogP contribution is 2.36. The molecular formula is C20H25NO3. The second kappa shape index (κ2) is 7.24. The van der Waals surface area contributed by atoms with Crippen molar-refractivity contribution < 1.29 is 14.6 Å². The average Bonchev–Trinajstić information content (AvgIpc) is 3.33. The summed E-state index contributed by atoms with van der Waals surface area (Å²) in [5.74, 6) is 1.72. The van der Waals surface area contributed by atoms with Crippen LogP contribution in [0.15, 0.2) is 48.5 Å². The molecule has 3 rings (SSSR count). The summed E-state index contributed by atoms with van der Waals surface area (Å²) in [5.41, 5.74) is 1.93. The van der Waals surface area contributed by atoms with E-state index in [1.165, 1.54) is 11.1 Å². The van der Waals surface area contributed by atoms with Crippen LogP contribution >= 0.6 is 0 Å². The van der Waals surface area contributed by atoms with Crippen molar-refractivity contribution in [1.29, 1.82) is 0 Å². The van der Waals surface area contributed by atoms with E-state index in [-0.39, 0.29) is 0 Å². The van der Waals surface area contributed by atoms with Crippen molar-refractivity contribution >= 4 is 0 Å². The molecule has 24 heavy (non-hydrogen) atoms. The molecule has 128 valence electrons. The third-order valence-corrected chi connectivity index (χ3v) is 4.48. The van der Waals surface area contributed by atoms with E-state index in [9.17, 15) is 5.11 Å². The number of hydrogen-bond donors (Lipinski definition) is 1. The van der Waals surface area contributed by atoms with Crippen LogP contribution in [0.2, 0.25) is 0 Å². The molecule has 0 bridgehead atoms. The molecule has 0 amide bonds. The van der Waals surface area contributed by atoms with Crippen LogP contribution < -0.4 is 9.47 Å². The molecule has 4 nitrogen and oxygen atoms in total. The highest BCUT2D eigenvalue weighted by Gasteiger charge is 2.41. The first-order valence-corrected chi connectivity index (χ1v) is 8.31. The SMILES string of the molecule is COc1ccc(CN(Cc2ccc(OC)cc2)CC2(O)CC2)cc1. The maximum absolute atomic E-state index is 10.3. The van der Waals surface area contributed by atoms with Crippen LogP contribution in [-0.2, 0) is 13.1 Å². The molecule has 2 aromatic rings. The van der Waals surface area contributed by atoms with Gasteiger partial charge in [-0.1, -0.05) is 24.3 Å². The van der Waals surface area contributed by atoms with Gasteiger partial charge in [0, 0.05) is 19.6 Å². The van der Waals surface area contributed by atoms with E-state index in [1.807, 2.05) is 24.3 Å². The minimum atomic E-state index is -0.501. The molecule has 0 aromatic heterocycles. The zero-order chi connectivity index (χ0) is 17.0. The number of nitrogens with zero attached hydrogens (tertiary/aromatic N) is 1. The number of methoxy groups -OCH3 is 2. The molecule has 1 N–H and O–H groups in total. The Morgan fingerprint density at radius 3 is 1.58 bits per heavy atom. The van der Waals surface area contributed by atoms with E-state index in [0.717, 1.165) is 37.4 Å². The molecule has 0 spiro atoms. The van der Waals surface area contributed by atoms with Gasteiger partial charge in [0.25, 0.3) is 0 Å². The molecule has 0 saturated heterocycles. The van der Waals surface area contributed by atoms with Gasteiger partial charge < -0.3 is 14.6 Å². The maximum Gasteiger partial charge on any atom is 0.118 e. The van der Waals surface area contributed by atoms with E-state index in [1.54, 1.807) is 14.2 Å². The zero-order valence-electron chi connectivity index (χ0n) is 14.4. The van der Waals surface area contributed by atoms with Crippen LogP contribution in [0.1, 0.15) is 24.0 Å². The fourth-order valence-electron chi connectivity index (χ4n) is 2.86. The summed E-state index contributed by atoms with van der Waals surface area (Å²) in [6.45, 7) is 2.31. The molecule has 1 saturated carbocycles. The highest BCUT2D eigenvalue weighted by molar-refractivity contribution is 5.28. The number of hydrogen-bond acceptors (Lipinski definition) is 4. The highest BCUT2D eigenvalue weighted by atomic mass is 16.5. The van der Waals surface area contributed by atoms with Gasteiger partial charge in [-0.2, -0.15) is 0 Å². The van der Waals surface area contributed by atoms with E-state index >= 15 is 0 Å². The molecule has 0 heterocycles. The third kappa shape index (κ3) is 4.49. The third-order valence-electron chi connectivity index (χ3n) is 4.48. The Bertz CT molecular complexity index is 598. The minimum Gasteiger partial charge on any atom is -0.497 e. The van der Waals surface area contributed by atoms with Gasteiger partial charge in [-0.05, 0) is 48.2 Å². The predicted molar refractivity (Wildman–Crippen MR) is 94.3 cm³/mol. The second-order valence-corrected chi connectivity index (χ2v) is 6.57. The topological polar surface area (TPSA) is 41.9 Å². The summed E-state index contributed by atoms with van der Waals surface area (Å²) in [7, 11) is 3.35. The molecule has 1 aliphatic rings. The zero-order valence-corrected chi connectivity index (χ0v) is 14.4. The lowest BCUT2D eigenvalue weighted by atomic mass is 10.1. The van der Waals surface area contributed by atoms with Crippen LogP contribution in [0.5, 0.6) is 11.5 Å². The Labute approximate surface area is 143 Å². The molecule has 0 atom stereocenters. The quantitative estimate of drug-likeness (QED) is 0.808. The van der Waals surface area contributed by atoms with Crippen LogP contribution in [0.25, 0.3) is 0 Å². The van der Waals surface area contributed by atoms with Crippen LogP contribution in [0, 0.1) is 0 Å². The Balaban J connectivity index is 1.69. The number of aliphatic hydroxyl groups is 1. The molecule has 0 unspecified atom stereocenters. The van der Waals surface area contributed by atoms with Crippen molar-refractivity contribution in [3.05, 3.63) is 59.7 Å². The summed E-state index contributed by atoms with van der Waals surface area (Å²) in [5, 5.41) is 10.3. The first-order chi connectivity index (χ1) is 11.6. The van der Waals surface area contributed by atoms with Gasteiger partial charge in [0.15, 0.2) is 0 Å². The summed E-state index contributed by atoms with van der Waals surface area (Å²) < 4.78 is 10.4. The monoisotopic (exact) mass is 327 g/mol.